The molecule has 1 aromatic carbocycles. The van der Waals surface area contributed by atoms with Crippen LogP contribution in [0.2, 0.25) is 0 Å². The third-order valence-electron chi connectivity index (χ3n) is 5.80. The van der Waals surface area contributed by atoms with Gasteiger partial charge in [0.1, 0.15) is 5.82 Å². The van der Waals surface area contributed by atoms with Crippen LogP contribution in [-0.2, 0) is 16.1 Å². The molecule has 0 radical (unpaired) electrons. The van der Waals surface area contributed by atoms with Gasteiger partial charge < -0.3 is 9.84 Å². The second kappa shape index (κ2) is 6.23. The summed E-state index contributed by atoms with van der Waals surface area (Å²) in [5.74, 6) is -0.884. The number of ether oxygens (including phenoxy) is 1. The molecule has 1 aromatic rings. The molecule has 0 aliphatic heterocycles. The molecule has 2 saturated carbocycles. The highest BCUT2D eigenvalue weighted by Crippen LogP contribution is 2.60. The van der Waals surface area contributed by atoms with Gasteiger partial charge in [-0.05, 0) is 74.5 Å². The standard InChI is InChI=1S/C19H25FO3/c1-14-4-5-15(11-16(14)20)12-23-19-9-7-18(13-19,8-10-19)6-2-3-17(21)22/h4-5,11H,2-3,6-10,12-13H2,1H3,(H,21,22). The van der Waals surface area contributed by atoms with Gasteiger partial charge in [-0.25, -0.2) is 4.39 Å². The van der Waals surface area contributed by atoms with Gasteiger partial charge in [0.05, 0.1) is 12.2 Å². The summed E-state index contributed by atoms with van der Waals surface area (Å²) < 4.78 is 19.9. The molecule has 0 aromatic heterocycles. The van der Waals surface area contributed by atoms with Gasteiger partial charge in [0.2, 0.25) is 0 Å². The Kier molecular flexibility index (Phi) is 4.45. The van der Waals surface area contributed by atoms with E-state index in [-0.39, 0.29) is 23.3 Å². The van der Waals surface area contributed by atoms with Crippen molar-refractivity contribution in [3.8, 4) is 0 Å². The quantitative estimate of drug-likeness (QED) is 0.798. The van der Waals surface area contributed by atoms with E-state index in [1.54, 1.807) is 19.1 Å². The Bertz CT molecular complexity index is 588. The minimum absolute atomic E-state index is 0.0649. The van der Waals surface area contributed by atoms with Crippen LogP contribution in [0.1, 0.15) is 62.5 Å². The molecule has 2 aliphatic carbocycles. The van der Waals surface area contributed by atoms with Crippen LogP contribution in [0.5, 0.6) is 0 Å². The molecular formula is C19H25FO3. The summed E-state index contributed by atoms with van der Waals surface area (Å²) in [7, 11) is 0. The van der Waals surface area contributed by atoms with Crippen LogP contribution in [0.15, 0.2) is 18.2 Å². The number of rotatable bonds is 7. The second-order valence-electron chi connectivity index (χ2n) is 7.48. The zero-order valence-electron chi connectivity index (χ0n) is 13.7. The molecule has 23 heavy (non-hydrogen) atoms. The van der Waals surface area contributed by atoms with Crippen molar-refractivity contribution in [2.45, 2.75) is 70.5 Å². The van der Waals surface area contributed by atoms with E-state index in [1.807, 2.05) is 6.07 Å². The highest BCUT2D eigenvalue weighted by molar-refractivity contribution is 5.66. The van der Waals surface area contributed by atoms with E-state index < -0.39 is 5.97 Å². The van der Waals surface area contributed by atoms with Crippen LogP contribution < -0.4 is 0 Å². The molecule has 2 aliphatic rings. The molecule has 126 valence electrons. The van der Waals surface area contributed by atoms with Gasteiger partial charge in [-0.2, -0.15) is 0 Å². The number of carboxylic acid groups (broad SMARTS) is 1. The smallest absolute Gasteiger partial charge is 0.303 e. The van der Waals surface area contributed by atoms with Gasteiger partial charge in [-0.3, -0.25) is 4.79 Å². The maximum atomic E-state index is 13.6. The van der Waals surface area contributed by atoms with Gasteiger partial charge in [0, 0.05) is 6.42 Å². The fourth-order valence-electron chi connectivity index (χ4n) is 4.38. The number of carboxylic acids is 1. The molecule has 0 heterocycles. The SMILES string of the molecule is Cc1ccc(COC23CCC(CCCC(=O)O)(CC2)C3)cc1F. The van der Waals surface area contributed by atoms with Gasteiger partial charge >= 0.3 is 5.97 Å². The maximum Gasteiger partial charge on any atom is 0.303 e. The summed E-state index contributed by atoms with van der Waals surface area (Å²) in [6.07, 6.45) is 7.41. The number of hydrogen-bond acceptors (Lipinski definition) is 2. The van der Waals surface area contributed by atoms with Gasteiger partial charge in [-0.15, -0.1) is 0 Å². The Morgan fingerprint density at radius 2 is 2.04 bits per heavy atom. The highest BCUT2D eigenvalue weighted by Gasteiger charge is 2.54. The summed E-state index contributed by atoms with van der Waals surface area (Å²) in [5.41, 5.74) is 1.77. The van der Waals surface area contributed by atoms with E-state index in [1.165, 1.54) is 0 Å². The summed E-state index contributed by atoms with van der Waals surface area (Å²) in [6, 6.07) is 5.29. The minimum atomic E-state index is -0.707. The molecule has 0 atom stereocenters. The van der Waals surface area contributed by atoms with Crippen molar-refractivity contribution in [2.75, 3.05) is 0 Å². The van der Waals surface area contributed by atoms with Crippen LogP contribution in [0.4, 0.5) is 4.39 Å². The Morgan fingerprint density at radius 3 is 2.70 bits per heavy atom. The van der Waals surface area contributed by atoms with Crippen molar-refractivity contribution in [3.63, 3.8) is 0 Å². The monoisotopic (exact) mass is 320 g/mol. The molecule has 2 fully saturated rings. The molecule has 3 nitrogen and oxygen atoms in total. The van der Waals surface area contributed by atoms with E-state index in [4.69, 9.17) is 9.84 Å². The first-order chi connectivity index (χ1) is 10.9. The van der Waals surface area contributed by atoms with Crippen molar-refractivity contribution in [3.05, 3.63) is 35.1 Å². The number of benzene rings is 1. The first-order valence-electron chi connectivity index (χ1n) is 8.53. The fraction of sp³-hybridized carbons (Fsp3) is 0.632. The van der Waals surface area contributed by atoms with Crippen molar-refractivity contribution in [1.29, 1.82) is 0 Å². The van der Waals surface area contributed by atoms with Crippen molar-refractivity contribution in [2.24, 2.45) is 5.41 Å². The van der Waals surface area contributed by atoms with Gasteiger partial charge in [-0.1, -0.05) is 12.1 Å². The third-order valence-corrected chi connectivity index (χ3v) is 5.80. The highest BCUT2D eigenvalue weighted by atomic mass is 19.1. The van der Waals surface area contributed by atoms with E-state index in [2.05, 4.69) is 0 Å². The molecule has 3 rings (SSSR count). The largest absolute Gasteiger partial charge is 0.481 e. The Labute approximate surface area is 136 Å². The summed E-state index contributed by atoms with van der Waals surface area (Å²) >= 11 is 0. The van der Waals surface area contributed by atoms with Gasteiger partial charge in [0.15, 0.2) is 0 Å². The molecule has 4 heteroatoms. The van der Waals surface area contributed by atoms with E-state index in [9.17, 15) is 9.18 Å². The van der Waals surface area contributed by atoms with Crippen molar-refractivity contribution >= 4 is 5.97 Å². The summed E-state index contributed by atoms with van der Waals surface area (Å²) in [5, 5.41) is 8.80. The van der Waals surface area contributed by atoms with Crippen LogP contribution in [-0.4, -0.2) is 16.7 Å². The first-order valence-corrected chi connectivity index (χ1v) is 8.53. The third kappa shape index (κ3) is 3.57. The van der Waals surface area contributed by atoms with Crippen molar-refractivity contribution in [1.82, 2.24) is 0 Å². The van der Waals surface area contributed by atoms with Crippen LogP contribution in [0, 0.1) is 18.2 Å². The normalized spacial score (nSPS) is 29.1. The lowest BCUT2D eigenvalue weighted by Gasteiger charge is -2.28. The number of aliphatic carboxylic acids is 1. The molecule has 2 bridgehead atoms. The lowest BCUT2D eigenvalue weighted by atomic mass is 9.80. The number of halogens is 1. The summed E-state index contributed by atoms with van der Waals surface area (Å²) in [6.45, 7) is 2.22. The molecule has 0 unspecified atom stereocenters. The minimum Gasteiger partial charge on any atom is -0.481 e. The van der Waals surface area contributed by atoms with E-state index >= 15 is 0 Å². The average Bonchev–Trinajstić information content (AvgIpc) is 3.05. The fourth-order valence-corrected chi connectivity index (χ4v) is 4.38. The van der Waals surface area contributed by atoms with Gasteiger partial charge in [0.25, 0.3) is 0 Å². The molecular weight excluding hydrogens is 295 g/mol. The first kappa shape index (κ1) is 16.4. The van der Waals surface area contributed by atoms with E-state index in [0.29, 0.717) is 12.2 Å². The average molecular weight is 320 g/mol. The number of hydrogen-bond donors (Lipinski definition) is 1. The Hall–Kier alpha value is -1.42. The zero-order chi connectivity index (χ0) is 16.5. The number of fused-ring (bicyclic) bond motifs is 2. The van der Waals surface area contributed by atoms with Crippen molar-refractivity contribution < 1.29 is 19.0 Å². The van der Waals surface area contributed by atoms with Crippen LogP contribution in [0.3, 0.4) is 0 Å². The zero-order valence-corrected chi connectivity index (χ0v) is 13.7. The van der Waals surface area contributed by atoms with Crippen LogP contribution in [0.25, 0.3) is 0 Å². The lowest BCUT2D eigenvalue weighted by molar-refractivity contribution is -0.137. The predicted molar refractivity (Wildman–Crippen MR) is 85.7 cm³/mol. The second-order valence-corrected chi connectivity index (χ2v) is 7.48. The summed E-state index contributed by atoms with van der Waals surface area (Å²) in [4.78, 5) is 10.7. The van der Waals surface area contributed by atoms with E-state index in [0.717, 1.165) is 50.5 Å². The molecule has 0 spiro atoms. The molecule has 0 amide bonds. The topological polar surface area (TPSA) is 46.5 Å². The Balaban J connectivity index is 1.55. The lowest BCUT2D eigenvalue weighted by Crippen LogP contribution is -2.26. The Morgan fingerprint density at radius 1 is 1.30 bits per heavy atom. The molecule has 0 saturated heterocycles. The maximum absolute atomic E-state index is 13.6. The number of aryl methyl sites for hydroxylation is 1. The predicted octanol–water partition coefficient (Wildman–Crippen LogP) is 4.61. The van der Waals surface area contributed by atoms with Crippen LogP contribution >= 0.6 is 0 Å². The molecule has 1 N–H and O–H groups in total. The number of carbonyl (C=O) groups is 1.